The third-order valence-electron chi connectivity index (χ3n) is 2.04. The van der Waals surface area contributed by atoms with E-state index in [9.17, 15) is 14.3 Å². The number of alkyl halides is 1. The Labute approximate surface area is 89.6 Å². The van der Waals surface area contributed by atoms with Gasteiger partial charge in [-0.3, -0.25) is 0 Å². The van der Waals surface area contributed by atoms with Gasteiger partial charge in [0.25, 0.3) is 0 Å². The number of hydrogen-bond donors (Lipinski definition) is 2. The molecule has 0 aromatic rings. The summed E-state index contributed by atoms with van der Waals surface area (Å²) in [5, 5.41) is 9.53. The highest BCUT2D eigenvalue weighted by molar-refractivity contribution is 5.65. The molecule has 0 aliphatic rings. The average molecular weight is 221 g/mol. The van der Waals surface area contributed by atoms with E-state index in [4.69, 9.17) is 10.5 Å². The smallest absolute Gasteiger partial charge is 0.404 e. The molecule has 0 fully saturated rings. The normalized spacial score (nSPS) is 17.0. The maximum atomic E-state index is 13.8. The average Bonchev–Trinajstić information content (AvgIpc) is 1.94. The molecule has 4 nitrogen and oxygen atoms in total. The highest BCUT2D eigenvalue weighted by atomic mass is 19.1. The Morgan fingerprint density at radius 1 is 1.33 bits per heavy atom. The van der Waals surface area contributed by atoms with Crippen molar-refractivity contribution in [2.24, 2.45) is 11.1 Å². The molecule has 0 aliphatic carbocycles. The lowest BCUT2D eigenvalue weighted by molar-refractivity contribution is -0.0997. The molecule has 3 N–H and O–H groups in total. The number of hydrogen-bond acceptors (Lipinski definition) is 3. The first-order valence-corrected chi connectivity index (χ1v) is 4.79. The summed E-state index contributed by atoms with van der Waals surface area (Å²) in [7, 11) is 0. The van der Waals surface area contributed by atoms with Gasteiger partial charge in [-0.05, 0) is 13.8 Å². The van der Waals surface area contributed by atoms with Crippen LogP contribution in [-0.4, -0.2) is 29.1 Å². The summed E-state index contributed by atoms with van der Waals surface area (Å²) >= 11 is 0. The van der Waals surface area contributed by atoms with Crippen LogP contribution in [-0.2, 0) is 4.74 Å². The van der Waals surface area contributed by atoms with Crippen LogP contribution in [0.4, 0.5) is 9.18 Å². The van der Waals surface area contributed by atoms with Gasteiger partial charge in [-0.25, -0.2) is 9.18 Å². The highest BCUT2D eigenvalue weighted by Gasteiger charge is 2.43. The summed E-state index contributed by atoms with van der Waals surface area (Å²) < 4.78 is 18.6. The van der Waals surface area contributed by atoms with Gasteiger partial charge in [0.2, 0.25) is 0 Å². The summed E-state index contributed by atoms with van der Waals surface area (Å²) in [5.41, 5.74) is 2.66. The monoisotopic (exact) mass is 221 g/mol. The Morgan fingerprint density at radius 2 is 1.73 bits per heavy atom. The molecular formula is C10H20FNO3. The second-order valence-corrected chi connectivity index (χ2v) is 5.28. The topological polar surface area (TPSA) is 72.5 Å². The molecule has 1 amide bonds. The second kappa shape index (κ2) is 4.35. The zero-order chi connectivity index (χ0) is 12.4. The Hall–Kier alpha value is -0.840. The van der Waals surface area contributed by atoms with E-state index in [1.165, 1.54) is 13.8 Å². The molecular weight excluding hydrogens is 201 g/mol. The van der Waals surface area contributed by atoms with E-state index in [0.717, 1.165) is 0 Å². The Balaban J connectivity index is 4.87. The quantitative estimate of drug-likeness (QED) is 0.760. The Morgan fingerprint density at radius 3 is 1.93 bits per heavy atom. The predicted octanol–water partition coefficient (Wildman–Crippen LogP) is 1.61. The van der Waals surface area contributed by atoms with Crippen LogP contribution >= 0.6 is 0 Å². The van der Waals surface area contributed by atoms with Crippen LogP contribution in [0.1, 0.15) is 34.6 Å². The minimum atomic E-state index is -1.69. The van der Waals surface area contributed by atoms with Crippen molar-refractivity contribution >= 4 is 6.09 Å². The van der Waals surface area contributed by atoms with Crippen LogP contribution in [0.5, 0.6) is 0 Å². The largest absolute Gasteiger partial charge is 0.443 e. The standard InChI is InChI=1S/C10H20FNO3/c1-9(2,3)7(15-8(12)13)6(11)10(4,5)14/h6-7,14H,1-5H3,(H2,12,13)/t6-,7?/m1/s1. The first-order valence-electron chi connectivity index (χ1n) is 4.79. The van der Waals surface area contributed by atoms with Gasteiger partial charge in [0.1, 0.15) is 6.10 Å². The van der Waals surface area contributed by atoms with E-state index in [0.29, 0.717) is 0 Å². The van der Waals surface area contributed by atoms with Crippen molar-refractivity contribution in [3.05, 3.63) is 0 Å². The van der Waals surface area contributed by atoms with Crippen molar-refractivity contribution in [3.8, 4) is 0 Å². The van der Waals surface area contributed by atoms with Gasteiger partial charge in [-0.15, -0.1) is 0 Å². The van der Waals surface area contributed by atoms with E-state index in [1.54, 1.807) is 20.8 Å². The van der Waals surface area contributed by atoms with Crippen LogP contribution in [0.3, 0.4) is 0 Å². The van der Waals surface area contributed by atoms with E-state index in [2.05, 4.69) is 0 Å². The van der Waals surface area contributed by atoms with Gasteiger partial charge in [-0.2, -0.15) is 0 Å². The van der Waals surface area contributed by atoms with E-state index in [-0.39, 0.29) is 0 Å². The molecule has 1 unspecified atom stereocenters. The SMILES string of the molecule is CC(C)(C)C(OC(N)=O)[C@@H](F)C(C)(C)O. The zero-order valence-electron chi connectivity index (χ0n) is 9.87. The number of ether oxygens (including phenoxy) is 1. The number of rotatable bonds is 3. The Kier molecular flexibility index (Phi) is 4.10. The van der Waals surface area contributed by atoms with Gasteiger partial charge in [0, 0.05) is 5.41 Å². The van der Waals surface area contributed by atoms with Crippen LogP contribution in [0, 0.1) is 5.41 Å². The summed E-state index contributed by atoms with van der Waals surface area (Å²) in [6, 6.07) is 0. The third-order valence-corrected chi connectivity index (χ3v) is 2.04. The number of aliphatic hydroxyl groups is 1. The molecule has 2 atom stereocenters. The predicted molar refractivity (Wildman–Crippen MR) is 55.1 cm³/mol. The van der Waals surface area contributed by atoms with E-state index >= 15 is 0 Å². The number of carbonyl (C=O) groups is 1. The maximum absolute atomic E-state index is 13.8. The lowest BCUT2D eigenvalue weighted by Crippen LogP contribution is -2.50. The molecule has 0 heterocycles. The molecule has 0 rings (SSSR count). The minimum Gasteiger partial charge on any atom is -0.443 e. The second-order valence-electron chi connectivity index (χ2n) is 5.28. The summed E-state index contributed by atoms with van der Waals surface area (Å²) in [6.45, 7) is 7.76. The Bertz CT molecular complexity index is 230. The van der Waals surface area contributed by atoms with Crippen molar-refractivity contribution in [1.29, 1.82) is 0 Å². The molecule has 0 aromatic heterocycles. The molecule has 0 saturated heterocycles. The molecule has 5 heteroatoms. The fourth-order valence-electron chi connectivity index (χ4n) is 1.17. The lowest BCUT2D eigenvalue weighted by Gasteiger charge is -2.36. The zero-order valence-corrected chi connectivity index (χ0v) is 9.87. The van der Waals surface area contributed by atoms with Crippen LogP contribution in [0.25, 0.3) is 0 Å². The van der Waals surface area contributed by atoms with Crippen molar-refractivity contribution in [2.75, 3.05) is 0 Å². The third kappa shape index (κ3) is 4.46. The van der Waals surface area contributed by atoms with Gasteiger partial charge in [-0.1, -0.05) is 20.8 Å². The van der Waals surface area contributed by atoms with Gasteiger partial charge in [0.15, 0.2) is 6.17 Å². The summed E-state index contributed by atoms with van der Waals surface area (Å²) in [5.74, 6) is 0. The molecule has 0 bridgehead atoms. The first-order chi connectivity index (χ1) is 6.46. The van der Waals surface area contributed by atoms with Crippen LogP contribution < -0.4 is 5.73 Å². The molecule has 0 radical (unpaired) electrons. The van der Waals surface area contributed by atoms with Crippen molar-refractivity contribution in [3.63, 3.8) is 0 Å². The number of carbonyl (C=O) groups excluding carboxylic acids is 1. The van der Waals surface area contributed by atoms with Crippen molar-refractivity contribution in [1.82, 2.24) is 0 Å². The lowest BCUT2D eigenvalue weighted by atomic mass is 9.81. The minimum absolute atomic E-state index is 0.631. The summed E-state index contributed by atoms with van der Waals surface area (Å²) in [4.78, 5) is 10.6. The van der Waals surface area contributed by atoms with Crippen molar-refractivity contribution in [2.45, 2.75) is 52.5 Å². The van der Waals surface area contributed by atoms with E-state index < -0.39 is 29.4 Å². The molecule has 90 valence electrons. The molecule has 15 heavy (non-hydrogen) atoms. The van der Waals surface area contributed by atoms with Gasteiger partial charge >= 0.3 is 6.09 Å². The molecule has 0 aliphatic heterocycles. The fraction of sp³-hybridized carbons (Fsp3) is 0.900. The number of amides is 1. The van der Waals surface area contributed by atoms with Gasteiger partial charge in [0.05, 0.1) is 5.60 Å². The van der Waals surface area contributed by atoms with Crippen molar-refractivity contribution < 1.29 is 19.0 Å². The van der Waals surface area contributed by atoms with Gasteiger partial charge < -0.3 is 15.6 Å². The van der Waals surface area contributed by atoms with Crippen LogP contribution in [0.15, 0.2) is 0 Å². The molecule has 0 saturated carbocycles. The summed E-state index contributed by atoms with van der Waals surface area (Å²) in [6.07, 6.45) is -3.80. The number of nitrogens with two attached hydrogens (primary N) is 1. The number of halogens is 1. The highest BCUT2D eigenvalue weighted by Crippen LogP contribution is 2.31. The number of primary amides is 1. The first kappa shape index (κ1) is 14.2. The van der Waals surface area contributed by atoms with E-state index in [1.807, 2.05) is 0 Å². The molecule has 0 spiro atoms. The van der Waals surface area contributed by atoms with Crippen LogP contribution in [0.2, 0.25) is 0 Å². The fourth-order valence-corrected chi connectivity index (χ4v) is 1.17. The molecule has 0 aromatic carbocycles. The maximum Gasteiger partial charge on any atom is 0.404 e.